The Morgan fingerprint density at radius 1 is 1.06 bits per heavy atom. The first-order chi connectivity index (χ1) is 17.4. The summed E-state index contributed by atoms with van der Waals surface area (Å²) in [5, 5.41) is 13.4. The van der Waals surface area contributed by atoms with Crippen LogP contribution >= 0.6 is 11.3 Å². The van der Waals surface area contributed by atoms with Crippen molar-refractivity contribution in [1.29, 1.82) is 0 Å². The van der Waals surface area contributed by atoms with Gasteiger partial charge >= 0.3 is 6.09 Å². The molecule has 1 amide bonds. The van der Waals surface area contributed by atoms with E-state index >= 15 is 0 Å². The number of methoxy groups -OCH3 is 1. The molecule has 2 heterocycles. The minimum atomic E-state index is -0.934. The Balaban J connectivity index is 1.65. The van der Waals surface area contributed by atoms with Crippen molar-refractivity contribution in [3.8, 4) is 28.0 Å². The molecule has 0 bridgehead atoms. The number of nitrogens with one attached hydrogen (secondary N) is 1. The second-order valence-electron chi connectivity index (χ2n) is 8.59. The number of hydrogen-bond acceptors (Lipinski definition) is 4. The maximum atomic E-state index is 12.5. The quantitative estimate of drug-likeness (QED) is 0.260. The molecule has 0 aliphatic rings. The molecule has 3 aromatic carbocycles. The Morgan fingerprint density at radius 3 is 2.47 bits per heavy atom. The number of amides is 1. The summed E-state index contributed by atoms with van der Waals surface area (Å²) in [6.45, 7) is 4.17. The number of benzene rings is 3. The van der Waals surface area contributed by atoms with Crippen LogP contribution in [-0.4, -0.2) is 34.7 Å². The van der Waals surface area contributed by atoms with Gasteiger partial charge in [0.05, 0.1) is 13.2 Å². The summed E-state index contributed by atoms with van der Waals surface area (Å²) in [6.07, 6.45) is -0.934. The topological polar surface area (TPSA) is 82.6 Å². The average molecular weight is 499 g/mol. The summed E-state index contributed by atoms with van der Waals surface area (Å²) < 4.78 is 6.43. The van der Waals surface area contributed by atoms with E-state index in [2.05, 4.69) is 4.98 Å². The van der Waals surface area contributed by atoms with Crippen LogP contribution in [0.4, 0.5) is 4.79 Å². The molecule has 0 fully saturated rings. The van der Waals surface area contributed by atoms with E-state index in [1.54, 1.807) is 7.11 Å². The fourth-order valence-corrected chi connectivity index (χ4v) is 5.76. The van der Waals surface area contributed by atoms with Crippen LogP contribution in [0.1, 0.15) is 25.5 Å². The van der Waals surface area contributed by atoms with Crippen molar-refractivity contribution in [3.05, 3.63) is 88.0 Å². The van der Waals surface area contributed by atoms with E-state index in [0.29, 0.717) is 11.2 Å². The second kappa shape index (κ2) is 9.51. The molecule has 182 valence electrons. The number of hydrogen-bond donors (Lipinski definition) is 2. The van der Waals surface area contributed by atoms with Crippen LogP contribution in [0.25, 0.3) is 43.2 Å². The minimum Gasteiger partial charge on any atom is -0.496 e. The van der Waals surface area contributed by atoms with Crippen LogP contribution in [0.3, 0.4) is 0 Å². The van der Waals surface area contributed by atoms with Crippen molar-refractivity contribution in [2.24, 2.45) is 0 Å². The fourth-order valence-electron chi connectivity index (χ4n) is 4.97. The van der Waals surface area contributed by atoms with E-state index in [9.17, 15) is 14.7 Å². The Kier molecular flexibility index (Phi) is 6.24. The van der Waals surface area contributed by atoms with Crippen molar-refractivity contribution < 1.29 is 14.6 Å². The van der Waals surface area contributed by atoms with Crippen molar-refractivity contribution in [3.63, 3.8) is 0 Å². The number of H-pyrrole nitrogens is 1. The zero-order chi connectivity index (χ0) is 25.4. The van der Waals surface area contributed by atoms with E-state index in [-0.39, 0.29) is 11.6 Å². The van der Waals surface area contributed by atoms with Gasteiger partial charge in [-0.3, -0.25) is 4.79 Å². The molecule has 0 radical (unpaired) electrons. The number of carbonyl (C=O) groups is 1. The number of nitrogens with zero attached hydrogens (tertiary/aromatic N) is 1. The van der Waals surface area contributed by atoms with Gasteiger partial charge in [0.25, 0.3) is 5.56 Å². The summed E-state index contributed by atoms with van der Waals surface area (Å²) in [6, 6.07) is 21.6. The summed E-state index contributed by atoms with van der Waals surface area (Å²) in [5.74, 6) is 0.726. The molecular formula is C29H26N2O4S. The summed E-state index contributed by atoms with van der Waals surface area (Å²) in [4.78, 5) is 28.7. The van der Waals surface area contributed by atoms with Crippen LogP contribution in [0.15, 0.2) is 76.9 Å². The highest BCUT2D eigenvalue weighted by Crippen LogP contribution is 2.41. The molecule has 6 nitrogen and oxygen atoms in total. The Hall–Kier alpha value is -4.10. The molecule has 5 rings (SSSR count). The van der Waals surface area contributed by atoms with Gasteiger partial charge in [0, 0.05) is 28.4 Å². The van der Waals surface area contributed by atoms with E-state index in [1.165, 1.54) is 16.2 Å². The van der Waals surface area contributed by atoms with Crippen LogP contribution in [-0.2, 0) is 0 Å². The predicted molar refractivity (Wildman–Crippen MR) is 146 cm³/mol. The molecule has 2 N–H and O–H groups in total. The van der Waals surface area contributed by atoms with Gasteiger partial charge in [0.2, 0.25) is 0 Å². The second-order valence-corrected chi connectivity index (χ2v) is 9.51. The van der Waals surface area contributed by atoms with Gasteiger partial charge in [-0.25, -0.2) is 4.79 Å². The van der Waals surface area contributed by atoms with Crippen molar-refractivity contribution in [2.75, 3.05) is 13.7 Å². The molecule has 0 aliphatic heterocycles. The highest BCUT2D eigenvalue weighted by molar-refractivity contribution is 7.17. The first kappa shape index (κ1) is 23.6. The fraction of sp³-hybridized carbons (Fsp3) is 0.172. The smallest absolute Gasteiger partial charge is 0.407 e. The number of fused-ring (bicyclic) bond motifs is 3. The third-order valence-corrected chi connectivity index (χ3v) is 7.64. The van der Waals surface area contributed by atoms with Gasteiger partial charge in [-0.1, -0.05) is 48.5 Å². The van der Waals surface area contributed by atoms with Gasteiger partial charge in [-0.2, -0.15) is 0 Å². The minimum absolute atomic E-state index is 0.0906. The largest absolute Gasteiger partial charge is 0.496 e. The maximum Gasteiger partial charge on any atom is 0.407 e. The lowest BCUT2D eigenvalue weighted by Gasteiger charge is -2.27. The molecule has 0 saturated heterocycles. The monoisotopic (exact) mass is 498 g/mol. The molecule has 7 heteroatoms. The SMILES string of the molecule is CCN(C(=O)O)C(C)c1ccccc1-c1ccc(-c2c(OC)ccc3[nH]c(=O)c4sccc4c23)cc1. The lowest BCUT2D eigenvalue weighted by Crippen LogP contribution is -2.32. The van der Waals surface area contributed by atoms with Gasteiger partial charge in [0.1, 0.15) is 10.4 Å². The highest BCUT2D eigenvalue weighted by Gasteiger charge is 2.22. The molecule has 2 aromatic heterocycles. The molecule has 1 unspecified atom stereocenters. The predicted octanol–water partition coefficient (Wildman–Crippen LogP) is 7.15. The summed E-state index contributed by atoms with van der Waals surface area (Å²) in [5.41, 5.74) is 5.50. The standard InChI is InChI=1S/C29H26N2O4S/c1-4-31(29(33)34)17(2)20-7-5-6-8-21(20)18-9-11-19(12-10-18)25-24(35-3)14-13-23-26(25)22-15-16-36-27(22)28(32)30-23/h5-17H,4H2,1-3H3,(H,30,32)(H,33,34). The van der Waals surface area contributed by atoms with E-state index in [4.69, 9.17) is 4.74 Å². The Labute approximate surface area is 212 Å². The molecule has 0 aliphatic carbocycles. The van der Waals surface area contributed by atoms with Crippen molar-refractivity contribution in [1.82, 2.24) is 9.88 Å². The molecular weight excluding hydrogens is 472 g/mol. The van der Waals surface area contributed by atoms with Crippen molar-refractivity contribution >= 4 is 38.4 Å². The lowest BCUT2D eigenvalue weighted by atomic mass is 9.92. The summed E-state index contributed by atoms with van der Waals surface area (Å²) in [7, 11) is 1.65. The first-order valence-corrected chi connectivity index (χ1v) is 12.6. The lowest BCUT2D eigenvalue weighted by molar-refractivity contribution is 0.131. The third-order valence-electron chi connectivity index (χ3n) is 6.73. The third kappa shape index (κ3) is 3.91. The number of ether oxygens (including phenoxy) is 1. The Bertz CT molecular complexity index is 1640. The number of carboxylic acid groups (broad SMARTS) is 1. The average Bonchev–Trinajstić information content (AvgIpc) is 3.39. The zero-order valence-electron chi connectivity index (χ0n) is 20.2. The normalized spacial score (nSPS) is 12.1. The van der Waals surface area contributed by atoms with Gasteiger partial charge in [-0.15, -0.1) is 11.3 Å². The Morgan fingerprint density at radius 2 is 1.78 bits per heavy atom. The molecule has 1 atom stereocenters. The van der Waals surface area contributed by atoms with Crippen LogP contribution in [0.2, 0.25) is 0 Å². The zero-order valence-corrected chi connectivity index (χ0v) is 21.1. The van der Waals surface area contributed by atoms with Crippen LogP contribution in [0.5, 0.6) is 5.75 Å². The number of aromatic amines is 1. The number of rotatable bonds is 6. The number of aromatic nitrogens is 1. The van der Waals surface area contributed by atoms with Gasteiger partial charge < -0.3 is 19.7 Å². The van der Waals surface area contributed by atoms with E-state index in [0.717, 1.165) is 49.9 Å². The number of thiophene rings is 1. The van der Waals surface area contributed by atoms with Crippen LogP contribution < -0.4 is 10.3 Å². The number of pyridine rings is 1. The van der Waals surface area contributed by atoms with E-state index < -0.39 is 6.09 Å². The maximum absolute atomic E-state index is 12.5. The first-order valence-electron chi connectivity index (χ1n) is 11.7. The molecule has 5 aromatic rings. The van der Waals surface area contributed by atoms with E-state index in [1.807, 2.05) is 86.0 Å². The van der Waals surface area contributed by atoms with Gasteiger partial charge in [-0.05, 0) is 59.7 Å². The van der Waals surface area contributed by atoms with Crippen molar-refractivity contribution in [2.45, 2.75) is 19.9 Å². The summed E-state index contributed by atoms with van der Waals surface area (Å²) >= 11 is 1.43. The van der Waals surface area contributed by atoms with Crippen LogP contribution in [0, 0.1) is 0 Å². The molecule has 0 spiro atoms. The molecule has 0 saturated carbocycles. The highest BCUT2D eigenvalue weighted by atomic mass is 32.1. The van der Waals surface area contributed by atoms with Gasteiger partial charge in [0.15, 0.2) is 0 Å². The molecule has 36 heavy (non-hydrogen) atoms.